The first-order valence-electron chi connectivity index (χ1n) is 10.0. The molecule has 1 fully saturated rings. The zero-order valence-corrected chi connectivity index (χ0v) is 17.3. The number of hydrogen-bond acceptors (Lipinski definition) is 5. The number of rotatable bonds is 8. The van der Waals surface area contributed by atoms with Gasteiger partial charge in [-0.05, 0) is 55.8 Å². The van der Waals surface area contributed by atoms with Crippen LogP contribution in [0, 0.1) is 0 Å². The van der Waals surface area contributed by atoms with E-state index in [-0.39, 0.29) is 11.9 Å². The van der Waals surface area contributed by atoms with E-state index in [4.69, 9.17) is 16.3 Å². The predicted octanol–water partition coefficient (Wildman–Crippen LogP) is 3.86. The molecule has 0 aliphatic carbocycles. The Morgan fingerprint density at radius 1 is 1.27 bits per heavy atom. The van der Waals surface area contributed by atoms with Crippen molar-refractivity contribution in [3.63, 3.8) is 0 Å². The minimum absolute atomic E-state index is 0.0636. The van der Waals surface area contributed by atoms with Crippen molar-refractivity contribution in [3.8, 4) is 5.75 Å². The molecule has 3 aromatic rings. The fourth-order valence-corrected chi connectivity index (χ4v) is 3.85. The van der Waals surface area contributed by atoms with E-state index in [1.807, 2.05) is 30.3 Å². The van der Waals surface area contributed by atoms with Gasteiger partial charge in [0, 0.05) is 23.3 Å². The first-order chi connectivity index (χ1) is 14.7. The Morgan fingerprint density at radius 3 is 3.03 bits per heavy atom. The van der Waals surface area contributed by atoms with Gasteiger partial charge < -0.3 is 10.1 Å². The van der Waals surface area contributed by atoms with E-state index in [2.05, 4.69) is 31.5 Å². The first kappa shape index (κ1) is 20.4. The molecule has 1 aliphatic rings. The molecule has 7 nitrogen and oxygen atoms in total. The molecule has 4 rings (SSSR count). The fraction of sp³-hybridized carbons (Fsp3) is 0.318. The molecule has 30 heavy (non-hydrogen) atoms. The van der Waals surface area contributed by atoms with Crippen molar-refractivity contribution < 1.29 is 9.53 Å². The van der Waals surface area contributed by atoms with Gasteiger partial charge in [0.25, 0.3) is 0 Å². The fourth-order valence-electron chi connectivity index (χ4n) is 3.67. The van der Waals surface area contributed by atoms with Crippen molar-refractivity contribution in [3.05, 3.63) is 71.1 Å². The van der Waals surface area contributed by atoms with Crippen LogP contribution in [0.2, 0.25) is 5.02 Å². The molecule has 1 aromatic carbocycles. The van der Waals surface area contributed by atoms with E-state index >= 15 is 0 Å². The van der Waals surface area contributed by atoms with Gasteiger partial charge in [-0.25, -0.2) is 4.98 Å². The highest BCUT2D eigenvalue weighted by atomic mass is 35.5. The second kappa shape index (κ2) is 9.73. The first-order valence-corrected chi connectivity index (χ1v) is 10.4. The van der Waals surface area contributed by atoms with Crippen molar-refractivity contribution in [2.45, 2.75) is 25.3 Å². The highest BCUT2D eigenvalue weighted by molar-refractivity contribution is 6.30. The van der Waals surface area contributed by atoms with Gasteiger partial charge in [0.05, 0.1) is 24.9 Å². The molecule has 0 unspecified atom stereocenters. The zero-order valence-electron chi connectivity index (χ0n) is 16.6. The van der Waals surface area contributed by atoms with Crippen molar-refractivity contribution >= 4 is 23.3 Å². The van der Waals surface area contributed by atoms with Gasteiger partial charge >= 0.3 is 0 Å². The SMILES string of the molecule is O=C(CN1CCC[C@@H]1c1cc(CCOc2cccc(Cl)c2)[nH]n1)Nc1ccccn1. The molecule has 1 saturated heterocycles. The summed E-state index contributed by atoms with van der Waals surface area (Å²) in [7, 11) is 0. The maximum absolute atomic E-state index is 12.4. The normalized spacial score (nSPS) is 16.5. The minimum atomic E-state index is -0.0636. The zero-order chi connectivity index (χ0) is 20.8. The summed E-state index contributed by atoms with van der Waals surface area (Å²) in [5.74, 6) is 1.26. The van der Waals surface area contributed by atoms with Crippen LogP contribution in [0.1, 0.15) is 30.3 Å². The Balaban J connectivity index is 1.30. The third-order valence-corrected chi connectivity index (χ3v) is 5.31. The number of nitrogens with zero attached hydrogens (tertiary/aromatic N) is 3. The van der Waals surface area contributed by atoms with Crippen LogP contribution in [0.15, 0.2) is 54.7 Å². The van der Waals surface area contributed by atoms with Crippen LogP contribution in [0.3, 0.4) is 0 Å². The van der Waals surface area contributed by atoms with Crippen LogP contribution in [-0.2, 0) is 11.2 Å². The second-order valence-electron chi connectivity index (χ2n) is 7.27. The quantitative estimate of drug-likeness (QED) is 0.572. The molecule has 8 heteroatoms. The monoisotopic (exact) mass is 425 g/mol. The molecule has 0 saturated carbocycles. The number of aromatic nitrogens is 3. The smallest absolute Gasteiger partial charge is 0.239 e. The summed E-state index contributed by atoms with van der Waals surface area (Å²) in [6.07, 6.45) is 4.41. The van der Waals surface area contributed by atoms with Crippen LogP contribution in [-0.4, -0.2) is 45.7 Å². The lowest BCUT2D eigenvalue weighted by atomic mass is 10.1. The molecular weight excluding hydrogens is 402 g/mol. The van der Waals surface area contributed by atoms with Crippen molar-refractivity contribution in [2.24, 2.45) is 0 Å². The Bertz CT molecular complexity index is 978. The summed E-state index contributed by atoms with van der Waals surface area (Å²) >= 11 is 5.98. The van der Waals surface area contributed by atoms with Gasteiger partial charge in [0.1, 0.15) is 11.6 Å². The molecule has 0 spiro atoms. The standard InChI is InChI=1S/C22H24ClN5O2/c23-16-5-3-6-18(13-16)30-12-9-17-14-19(27-26-17)20-7-4-11-28(20)15-22(29)25-21-8-1-2-10-24-21/h1-3,5-6,8,10,13-14,20H,4,7,9,11-12,15H2,(H,26,27)(H,24,25,29)/t20-/m1/s1. The van der Waals surface area contributed by atoms with Crippen molar-refractivity contribution in [1.82, 2.24) is 20.1 Å². The van der Waals surface area contributed by atoms with Gasteiger partial charge in [-0.1, -0.05) is 23.7 Å². The lowest BCUT2D eigenvalue weighted by Gasteiger charge is -2.22. The number of benzene rings is 1. The van der Waals surface area contributed by atoms with Crippen LogP contribution in [0.5, 0.6) is 5.75 Å². The van der Waals surface area contributed by atoms with Crippen molar-refractivity contribution in [1.29, 1.82) is 0 Å². The Labute approximate surface area is 180 Å². The molecule has 1 atom stereocenters. The number of nitrogens with one attached hydrogen (secondary N) is 2. The average Bonchev–Trinajstić information content (AvgIpc) is 3.38. The number of ether oxygens (including phenoxy) is 1. The summed E-state index contributed by atoms with van der Waals surface area (Å²) in [6.45, 7) is 1.73. The number of likely N-dealkylation sites (tertiary alicyclic amines) is 1. The molecule has 2 N–H and O–H groups in total. The average molecular weight is 426 g/mol. The van der Waals surface area contributed by atoms with Crippen LogP contribution < -0.4 is 10.1 Å². The van der Waals surface area contributed by atoms with Crippen LogP contribution in [0.4, 0.5) is 5.82 Å². The number of aromatic amines is 1. The van der Waals surface area contributed by atoms with E-state index in [1.165, 1.54) is 0 Å². The third-order valence-electron chi connectivity index (χ3n) is 5.07. The lowest BCUT2D eigenvalue weighted by molar-refractivity contribution is -0.117. The number of H-pyrrole nitrogens is 1. The second-order valence-corrected chi connectivity index (χ2v) is 7.70. The molecular formula is C22H24ClN5O2. The summed E-state index contributed by atoms with van der Waals surface area (Å²) in [5.41, 5.74) is 1.98. The molecule has 2 aromatic heterocycles. The predicted molar refractivity (Wildman–Crippen MR) is 116 cm³/mol. The molecule has 3 heterocycles. The summed E-state index contributed by atoms with van der Waals surface area (Å²) in [6, 6.07) is 15.0. The third kappa shape index (κ3) is 5.37. The van der Waals surface area contributed by atoms with E-state index in [0.29, 0.717) is 30.4 Å². The summed E-state index contributed by atoms with van der Waals surface area (Å²) in [4.78, 5) is 18.7. The number of pyridine rings is 1. The van der Waals surface area contributed by atoms with E-state index in [0.717, 1.165) is 36.5 Å². The highest BCUT2D eigenvalue weighted by Crippen LogP contribution is 2.30. The molecule has 1 aliphatic heterocycles. The number of halogens is 1. The summed E-state index contributed by atoms with van der Waals surface area (Å²) < 4.78 is 5.75. The molecule has 0 bridgehead atoms. The molecule has 1 amide bonds. The number of anilines is 1. The Hall–Kier alpha value is -2.90. The van der Waals surface area contributed by atoms with Gasteiger partial charge in [0.15, 0.2) is 0 Å². The topological polar surface area (TPSA) is 83.1 Å². The van der Waals surface area contributed by atoms with Crippen LogP contribution >= 0.6 is 11.6 Å². The largest absolute Gasteiger partial charge is 0.493 e. The number of amides is 1. The maximum Gasteiger partial charge on any atom is 0.239 e. The summed E-state index contributed by atoms with van der Waals surface area (Å²) in [5, 5.41) is 11.1. The van der Waals surface area contributed by atoms with Gasteiger partial charge in [-0.3, -0.25) is 14.8 Å². The highest BCUT2D eigenvalue weighted by Gasteiger charge is 2.29. The Morgan fingerprint density at radius 2 is 2.20 bits per heavy atom. The van der Waals surface area contributed by atoms with Gasteiger partial charge in [-0.2, -0.15) is 5.10 Å². The number of carbonyl (C=O) groups excluding carboxylic acids is 1. The molecule has 0 radical (unpaired) electrons. The molecule has 156 valence electrons. The number of hydrogen-bond donors (Lipinski definition) is 2. The number of carbonyl (C=O) groups is 1. The van der Waals surface area contributed by atoms with E-state index in [1.54, 1.807) is 18.3 Å². The van der Waals surface area contributed by atoms with Crippen LogP contribution in [0.25, 0.3) is 0 Å². The van der Waals surface area contributed by atoms with Gasteiger partial charge in [-0.15, -0.1) is 0 Å². The van der Waals surface area contributed by atoms with Crippen molar-refractivity contribution in [2.75, 3.05) is 25.0 Å². The van der Waals surface area contributed by atoms with E-state index < -0.39 is 0 Å². The minimum Gasteiger partial charge on any atom is -0.493 e. The lowest BCUT2D eigenvalue weighted by Crippen LogP contribution is -2.33. The Kier molecular flexibility index (Phi) is 6.61. The van der Waals surface area contributed by atoms with Gasteiger partial charge in [0.2, 0.25) is 5.91 Å². The maximum atomic E-state index is 12.4. The van der Waals surface area contributed by atoms with E-state index in [9.17, 15) is 4.79 Å².